The van der Waals surface area contributed by atoms with Crippen LogP contribution in [0.1, 0.15) is 44.9 Å². The van der Waals surface area contributed by atoms with Crippen molar-refractivity contribution in [3.05, 3.63) is 0 Å². The van der Waals surface area contributed by atoms with Crippen LogP contribution in [0.15, 0.2) is 0 Å². The van der Waals surface area contributed by atoms with Crippen molar-refractivity contribution in [2.45, 2.75) is 63.2 Å². The summed E-state index contributed by atoms with van der Waals surface area (Å²) in [5, 5.41) is 22.0. The highest BCUT2D eigenvalue weighted by molar-refractivity contribution is 5.76. The normalized spacial score (nSPS) is 33.1. The van der Waals surface area contributed by atoms with Crippen molar-refractivity contribution in [3.8, 4) is 0 Å². The van der Waals surface area contributed by atoms with Crippen molar-refractivity contribution in [2.75, 3.05) is 13.2 Å². The van der Waals surface area contributed by atoms with Gasteiger partial charge in [0.15, 0.2) is 0 Å². The van der Waals surface area contributed by atoms with Gasteiger partial charge in [-0.2, -0.15) is 0 Å². The summed E-state index contributed by atoms with van der Waals surface area (Å²) in [5.41, 5.74) is 0. The maximum Gasteiger partial charge on any atom is 0.220 e. The van der Waals surface area contributed by atoms with E-state index < -0.39 is 18.2 Å². The van der Waals surface area contributed by atoms with Crippen LogP contribution in [0.25, 0.3) is 0 Å². The van der Waals surface area contributed by atoms with Crippen molar-refractivity contribution >= 4 is 5.91 Å². The molecular formula is C14H25NO4. The van der Waals surface area contributed by atoms with Crippen LogP contribution in [0, 0.1) is 5.92 Å². The van der Waals surface area contributed by atoms with Crippen LogP contribution in [-0.2, 0) is 9.53 Å². The van der Waals surface area contributed by atoms with E-state index >= 15 is 0 Å². The van der Waals surface area contributed by atoms with Crippen LogP contribution in [0.2, 0.25) is 0 Å². The summed E-state index contributed by atoms with van der Waals surface area (Å²) in [6.45, 7) is 0.406. The Morgan fingerprint density at radius 2 is 1.89 bits per heavy atom. The first-order chi connectivity index (χ1) is 9.16. The van der Waals surface area contributed by atoms with Gasteiger partial charge < -0.3 is 20.3 Å². The average Bonchev–Trinajstić information content (AvgIpc) is 2.43. The van der Waals surface area contributed by atoms with Crippen molar-refractivity contribution in [3.63, 3.8) is 0 Å². The van der Waals surface area contributed by atoms with Gasteiger partial charge in [0.1, 0.15) is 12.2 Å². The fraction of sp³-hybridized carbons (Fsp3) is 0.929. The van der Waals surface area contributed by atoms with Crippen LogP contribution >= 0.6 is 0 Å². The van der Waals surface area contributed by atoms with Gasteiger partial charge in [-0.25, -0.2) is 0 Å². The number of carbonyl (C=O) groups excluding carboxylic acids is 1. The van der Waals surface area contributed by atoms with E-state index in [0.717, 1.165) is 6.42 Å². The van der Waals surface area contributed by atoms with Crippen molar-refractivity contribution < 1.29 is 19.7 Å². The Balaban J connectivity index is 1.68. The number of aliphatic hydroxyl groups is 2. The SMILES string of the molecule is O=C(CCC1CCCCC1)N[C@@H]1COC[C@@H](O)[C@H]1O. The van der Waals surface area contributed by atoms with Gasteiger partial charge >= 0.3 is 0 Å². The number of amides is 1. The molecule has 0 aromatic rings. The lowest BCUT2D eigenvalue weighted by atomic mass is 9.86. The molecule has 1 heterocycles. The van der Waals surface area contributed by atoms with Crippen molar-refractivity contribution in [1.29, 1.82) is 0 Å². The smallest absolute Gasteiger partial charge is 0.220 e. The molecule has 5 heteroatoms. The monoisotopic (exact) mass is 271 g/mol. The van der Waals surface area contributed by atoms with Gasteiger partial charge in [-0.05, 0) is 12.3 Å². The summed E-state index contributed by atoms with van der Waals surface area (Å²) < 4.78 is 5.14. The summed E-state index contributed by atoms with van der Waals surface area (Å²) in [6, 6.07) is -0.484. The second kappa shape index (κ2) is 7.22. The zero-order chi connectivity index (χ0) is 13.7. The second-order valence-corrected chi connectivity index (χ2v) is 5.81. The molecule has 1 aliphatic heterocycles. The lowest BCUT2D eigenvalue weighted by Gasteiger charge is -2.32. The molecule has 0 unspecified atom stereocenters. The fourth-order valence-electron chi connectivity index (χ4n) is 3.00. The largest absolute Gasteiger partial charge is 0.388 e. The molecule has 2 rings (SSSR count). The third-order valence-electron chi connectivity index (χ3n) is 4.24. The van der Waals surface area contributed by atoms with E-state index in [1.54, 1.807) is 0 Å². The van der Waals surface area contributed by atoms with E-state index in [2.05, 4.69) is 5.32 Å². The van der Waals surface area contributed by atoms with Crippen LogP contribution < -0.4 is 5.32 Å². The first kappa shape index (κ1) is 14.8. The number of aliphatic hydroxyl groups excluding tert-OH is 2. The quantitative estimate of drug-likeness (QED) is 0.699. The number of rotatable bonds is 4. The maximum atomic E-state index is 11.8. The molecule has 0 spiro atoms. The van der Waals surface area contributed by atoms with Gasteiger partial charge in [-0.1, -0.05) is 32.1 Å². The van der Waals surface area contributed by atoms with Crippen LogP contribution in [0.5, 0.6) is 0 Å². The fourth-order valence-corrected chi connectivity index (χ4v) is 3.00. The predicted molar refractivity (Wildman–Crippen MR) is 70.6 cm³/mol. The first-order valence-corrected chi connectivity index (χ1v) is 7.40. The summed E-state index contributed by atoms with van der Waals surface area (Å²) in [7, 11) is 0. The predicted octanol–water partition coefficient (Wildman–Crippen LogP) is 0.584. The number of hydrogen-bond donors (Lipinski definition) is 3. The molecule has 19 heavy (non-hydrogen) atoms. The van der Waals surface area contributed by atoms with Gasteiger partial charge in [-0.3, -0.25) is 4.79 Å². The Hall–Kier alpha value is -0.650. The van der Waals surface area contributed by atoms with Gasteiger partial charge in [0.05, 0.1) is 19.3 Å². The zero-order valence-electron chi connectivity index (χ0n) is 11.4. The van der Waals surface area contributed by atoms with Crippen molar-refractivity contribution in [1.82, 2.24) is 5.32 Å². The Bertz CT molecular complexity index is 291. The zero-order valence-corrected chi connectivity index (χ0v) is 11.4. The molecule has 2 aliphatic rings. The van der Waals surface area contributed by atoms with Gasteiger partial charge in [0, 0.05) is 6.42 Å². The lowest BCUT2D eigenvalue weighted by molar-refractivity contribution is -0.131. The van der Waals surface area contributed by atoms with Gasteiger partial charge in [0.2, 0.25) is 5.91 Å². The molecule has 0 radical (unpaired) electrons. The van der Waals surface area contributed by atoms with E-state index in [4.69, 9.17) is 4.74 Å². The van der Waals surface area contributed by atoms with Gasteiger partial charge in [-0.15, -0.1) is 0 Å². The highest BCUT2D eigenvalue weighted by Gasteiger charge is 2.32. The maximum absolute atomic E-state index is 11.8. The minimum atomic E-state index is -0.924. The molecule has 3 atom stereocenters. The molecule has 2 fully saturated rings. The standard InChI is InChI=1S/C14H25NO4/c16-12-9-19-8-11(14(12)18)15-13(17)7-6-10-4-2-1-3-5-10/h10-12,14,16,18H,1-9H2,(H,15,17)/t11-,12-,14+/m1/s1. The summed E-state index contributed by atoms with van der Waals surface area (Å²) in [4.78, 5) is 11.8. The highest BCUT2D eigenvalue weighted by Crippen LogP contribution is 2.27. The summed E-state index contributed by atoms with van der Waals surface area (Å²) in [5.74, 6) is 0.630. The molecule has 3 N–H and O–H groups in total. The van der Waals surface area contributed by atoms with E-state index in [1.165, 1.54) is 32.1 Å². The Kier molecular flexibility index (Phi) is 5.60. The third-order valence-corrected chi connectivity index (χ3v) is 4.24. The van der Waals surface area contributed by atoms with E-state index in [1.807, 2.05) is 0 Å². The Morgan fingerprint density at radius 1 is 1.16 bits per heavy atom. The molecule has 5 nitrogen and oxygen atoms in total. The van der Waals surface area contributed by atoms with Gasteiger partial charge in [0.25, 0.3) is 0 Å². The lowest BCUT2D eigenvalue weighted by Crippen LogP contribution is -2.55. The highest BCUT2D eigenvalue weighted by atomic mass is 16.5. The average molecular weight is 271 g/mol. The minimum Gasteiger partial charge on any atom is -0.388 e. The molecule has 0 aromatic heterocycles. The summed E-state index contributed by atoms with van der Waals surface area (Å²) in [6.07, 6.45) is 5.97. The first-order valence-electron chi connectivity index (χ1n) is 7.40. The molecule has 1 saturated heterocycles. The number of nitrogens with one attached hydrogen (secondary N) is 1. The Labute approximate surface area is 114 Å². The summed E-state index contributed by atoms with van der Waals surface area (Å²) >= 11 is 0. The molecule has 0 aromatic carbocycles. The number of carbonyl (C=O) groups is 1. The molecule has 1 aliphatic carbocycles. The number of hydrogen-bond acceptors (Lipinski definition) is 4. The molecule has 1 amide bonds. The Morgan fingerprint density at radius 3 is 2.63 bits per heavy atom. The van der Waals surface area contributed by atoms with Crippen LogP contribution in [0.3, 0.4) is 0 Å². The van der Waals surface area contributed by atoms with Crippen LogP contribution in [-0.4, -0.2) is 47.6 Å². The van der Waals surface area contributed by atoms with Crippen molar-refractivity contribution in [2.24, 2.45) is 5.92 Å². The van der Waals surface area contributed by atoms with Crippen LogP contribution in [0.4, 0.5) is 0 Å². The molecular weight excluding hydrogens is 246 g/mol. The van der Waals surface area contributed by atoms with E-state index in [0.29, 0.717) is 12.3 Å². The minimum absolute atomic E-state index is 0.0488. The molecule has 0 bridgehead atoms. The molecule has 110 valence electrons. The second-order valence-electron chi connectivity index (χ2n) is 5.81. The van der Waals surface area contributed by atoms with E-state index in [9.17, 15) is 15.0 Å². The number of ether oxygens (including phenoxy) is 1. The molecule has 1 saturated carbocycles. The topological polar surface area (TPSA) is 78.8 Å². The third kappa shape index (κ3) is 4.44. The van der Waals surface area contributed by atoms with E-state index in [-0.39, 0.29) is 19.1 Å².